The number of hydrogen-bond donors (Lipinski definition) is 1. The Kier molecular flexibility index (Phi) is 4.51. The summed E-state index contributed by atoms with van der Waals surface area (Å²) in [6.45, 7) is 8.52. The van der Waals surface area contributed by atoms with Crippen molar-refractivity contribution in [1.29, 1.82) is 5.26 Å². The second kappa shape index (κ2) is 6.19. The van der Waals surface area contributed by atoms with Gasteiger partial charge in [0.05, 0.1) is 12.0 Å². The Labute approximate surface area is 147 Å². The lowest BCUT2D eigenvalue weighted by Gasteiger charge is -2.56. The molecule has 0 radical (unpaired) electrons. The van der Waals surface area contributed by atoms with Crippen LogP contribution in [0.2, 0.25) is 0 Å². The molecule has 1 aromatic carbocycles. The molecule has 0 bridgehead atoms. The maximum absolute atomic E-state index is 9.55. The van der Waals surface area contributed by atoms with Crippen molar-refractivity contribution < 1.29 is 0 Å². The van der Waals surface area contributed by atoms with Crippen LogP contribution in [0.15, 0.2) is 18.2 Å². The van der Waals surface area contributed by atoms with Crippen LogP contribution in [0.4, 0.5) is 0 Å². The van der Waals surface area contributed by atoms with Crippen molar-refractivity contribution in [2.45, 2.75) is 77.7 Å². The Morgan fingerprint density at radius 2 is 1.92 bits per heavy atom. The lowest BCUT2D eigenvalue weighted by molar-refractivity contribution is 0.0195. The molecule has 3 aliphatic carbocycles. The molecule has 3 aliphatic rings. The molecule has 4 rings (SSSR count). The van der Waals surface area contributed by atoms with Crippen LogP contribution in [0.1, 0.15) is 75.5 Å². The van der Waals surface area contributed by atoms with E-state index in [9.17, 15) is 5.26 Å². The van der Waals surface area contributed by atoms with Gasteiger partial charge in [-0.3, -0.25) is 0 Å². The van der Waals surface area contributed by atoms with Gasteiger partial charge in [0, 0.05) is 11.5 Å². The fourth-order valence-electron chi connectivity index (χ4n) is 6.08. The van der Waals surface area contributed by atoms with Gasteiger partial charge in [0.1, 0.15) is 0 Å². The highest BCUT2D eigenvalue weighted by Gasteiger charge is 2.60. The Morgan fingerprint density at radius 1 is 1.17 bits per heavy atom. The number of hydrogen-bond acceptors (Lipinski definition) is 2. The molecular formula is C22H32N2. The number of nitriles is 1. The standard InChI is InChI=1S/C20H26N2.C2H6/c1-13-3-5-16-14(11-13)7-10-20(22)17(16)8-9-19(2)15(12-21)4-6-18(19)20;1-2/h3,5,11,15,17-18H,4,6-10,22H2,1-2H3;1-2H3. The van der Waals surface area contributed by atoms with E-state index in [1.807, 2.05) is 13.8 Å². The number of nitrogens with zero attached hydrogens (tertiary/aromatic N) is 1. The van der Waals surface area contributed by atoms with E-state index in [4.69, 9.17) is 5.73 Å². The first kappa shape index (κ1) is 17.5. The van der Waals surface area contributed by atoms with Gasteiger partial charge in [0.2, 0.25) is 0 Å². The normalized spacial score (nSPS) is 39.6. The SMILES string of the molecule is CC.Cc1ccc2c(c1)CCC1(N)C2CCC2(C)C(C#N)CCC21. The average Bonchev–Trinajstić information content (AvgIpc) is 2.94. The molecule has 2 fully saturated rings. The molecule has 130 valence electrons. The van der Waals surface area contributed by atoms with Crippen LogP contribution >= 0.6 is 0 Å². The molecule has 24 heavy (non-hydrogen) atoms. The van der Waals surface area contributed by atoms with Crippen LogP contribution in [0, 0.1) is 35.5 Å². The fourth-order valence-corrected chi connectivity index (χ4v) is 6.08. The number of fused-ring (bicyclic) bond motifs is 5. The van der Waals surface area contributed by atoms with E-state index in [1.165, 1.54) is 16.7 Å². The molecule has 5 unspecified atom stereocenters. The topological polar surface area (TPSA) is 49.8 Å². The van der Waals surface area contributed by atoms with E-state index in [-0.39, 0.29) is 16.9 Å². The largest absolute Gasteiger partial charge is 0.324 e. The highest BCUT2D eigenvalue weighted by atomic mass is 14.8. The lowest BCUT2D eigenvalue weighted by Crippen LogP contribution is -2.61. The van der Waals surface area contributed by atoms with Gasteiger partial charge < -0.3 is 5.73 Å². The average molecular weight is 325 g/mol. The van der Waals surface area contributed by atoms with Crippen molar-refractivity contribution in [2.75, 3.05) is 0 Å². The third kappa shape index (κ3) is 2.32. The van der Waals surface area contributed by atoms with Gasteiger partial charge in [-0.15, -0.1) is 0 Å². The zero-order valence-electron chi connectivity index (χ0n) is 15.7. The molecule has 2 N–H and O–H groups in total. The quantitative estimate of drug-likeness (QED) is 0.722. The number of aryl methyl sites for hydroxylation is 2. The maximum atomic E-state index is 9.55. The zero-order chi connectivity index (χ0) is 17.5. The summed E-state index contributed by atoms with van der Waals surface area (Å²) in [6, 6.07) is 9.51. The van der Waals surface area contributed by atoms with Gasteiger partial charge in [0.15, 0.2) is 0 Å². The van der Waals surface area contributed by atoms with Gasteiger partial charge in [-0.2, -0.15) is 5.26 Å². The predicted octanol–water partition coefficient (Wildman–Crippen LogP) is 5.10. The summed E-state index contributed by atoms with van der Waals surface area (Å²) >= 11 is 0. The van der Waals surface area contributed by atoms with Crippen LogP contribution in [0.5, 0.6) is 0 Å². The third-order valence-corrected chi connectivity index (χ3v) is 7.26. The van der Waals surface area contributed by atoms with Gasteiger partial charge in [-0.05, 0) is 67.9 Å². The summed E-state index contributed by atoms with van der Waals surface area (Å²) in [5.74, 6) is 1.21. The highest BCUT2D eigenvalue weighted by molar-refractivity contribution is 5.41. The Bertz CT molecular complexity index is 658. The summed E-state index contributed by atoms with van der Waals surface area (Å²) in [7, 11) is 0. The molecule has 2 saturated carbocycles. The van der Waals surface area contributed by atoms with Crippen molar-refractivity contribution >= 4 is 0 Å². The summed E-state index contributed by atoms with van der Waals surface area (Å²) in [5.41, 5.74) is 11.5. The van der Waals surface area contributed by atoms with E-state index in [2.05, 4.69) is 38.1 Å². The van der Waals surface area contributed by atoms with Crippen LogP contribution in [0.3, 0.4) is 0 Å². The first-order valence-corrected chi connectivity index (χ1v) is 9.77. The third-order valence-electron chi connectivity index (χ3n) is 7.26. The van der Waals surface area contributed by atoms with E-state index in [0.29, 0.717) is 11.8 Å². The summed E-state index contributed by atoms with van der Waals surface area (Å²) in [5, 5.41) is 9.55. The van der Waals surface area contributed by atoms with Gasteiger partial charge in [-0.1, -0.05) is 44.5 Å². The molecule has 0 saturated heterocycles. The summed E-state index contributed by atoms with van der Waals surface area (Å²) in [6.07, 6.45) is 6.69. The number of nitrogens with two attached hydrogens (primary N) is 1. The highest BCUT2D eigenvalue weighted by Crippen LogP contribution is 2.63. The lowest BCUT2D eigenvalue weighted by atomic mass is 9.50. The smallest absolute Gasteiger partial charge is 0.0661 e. The molecule has 2 nitrogen and oxygen atoms in total. The number of rotatable bonds is 0. The molecule has 0 heterocycles. The summed E-state index contributed by atoms with van der Waals surface area (Å²) in [4.78, 5) is 0. The van der Waals surface area contributed by atoms with E-state index >= 15 is 0 Å². The van der Waals surface area contributed by atoms with Crippen molar-refractivity contribution in [3.05, 3.63) is 34.9 Å². The maximum Gasteiger partial charge on any atom is 0.0661 e. The predicted molar refractivity (Wildman–Crippen MR) is 99.7 cm³/mol. The number of benzene rings is 1. The Morgan fingerprint density at radius 3 is 2.62 bits per heavy atom. The molecule has 0 aromatic heterocycles. The minimum Gasteiger partial charge on any atom is -0.324 e. The molecule has 0 spiro atoms. The van der Waals surface area contributed by atoms with Crippen molar-refractivity contribution in [1.82, 2.24) is 0 Å². The first-order valence-electron chi connectivity index (χ1n) is 9.77. The molecule has 2 heteroatoms. The van der Waals surface area contributed by atoms with Crippen LogP contribution < -0.4 is 5.73 Å². The molecule has 1 aromatic rings. The fraction of sp³-hybridized carbons (Fsp3) is 0.682. The van der Waals surface area contributed by atoms with E-state index in [0.717, 1.165) is 38.5 Å². The van der Waals surface area contributed by atoms with Crippen molar-refractivity contribution in [2.24, 2.45) is 23.0 Å². The minimum atomic E-state index is -0.0964. The van der Waals surface area contributed by atoms with Crippen LogP contribution in [0.25, 0.3) is 0 Å². The van der Waals surface area contributed by atoms with Gasteiger partial charge >= 0.3 is 0 Å². The molecule has 0 aliphatic heterocycles. The molecular weight excluding hydrogens is 292 g/mol. The van der Waals surface area contributed by atoms with Gasteiger partial charge in [-0.25, -0.2) is 0 Å². The second-order valence-corrected chi connectivity index (χ2v) is 8.22. The van der Waals surface area contributed by atoms with Crippen molar-refractivity contribution in [3.8, 4) is 6.07 Å². The Balaban J connectivity index is 0.000000815. The minimum absolute atomic E-state index is 0.0964. The zero-order valence-corrected chi connectivity index (χ0v) is 15.7. The summed E-state index contributed by atoms with van der Waals surface area (Å²) < 4.78 is 0. The Hall–Kier alpha value is -1.33. The second-order valence-electron chi connectivity index (χ2n) is 8.22. The monoisotopic (exact) mass is 324 g/mol. The van der Waals surface area contributed by atoms with E-state index in [1.54, 1.807) is 0 Å². The van der Waals surface area contributed by atoms with E-state index < -0.39 is 0 Å². The van der Waals surface area contributed by atoms with Crippen LogP contribution in [-0.2, 0) is 6.42 Å². The molecule has 0 amide bonds. The molecule has 5 atom stereocenters. The first-order chi connectivity index (χ1) is 11.5. The van der Waals surface area contributed by atoms with Crippen molar-refractivity contribution in [3.63, 3.8) is 0 Å². The van der Waals surface area contributed by atoms with Gasteiger partial charge in [0.25, 0.3) is 0 Å². The van der Waals surface area contributed by atoms with Crippen LogP contribution in [-0.4, -0.2) is 5.54 Å².